The molecule has 0 aromatic carbocycles. The molecule has 1 rings (SSSR count). The van der Waals surface area contributed by atoms with Crippen molar-refractivity contribution < 1.29 is 49.3 Å². The molecule has 1 amide bonds. The first-order chi connectivity index (χ1) is 39.2. The van der Waals surface area contributed by atoms with Gasteiger partial charge in [0.25, 0.3) is 0 Å². The number of allylic oxidation sites excluding steroid dienone is 4. The van der Waals surface area contributed by atoms with E-state index in [-0.39, 0.29) is 19.4 Å². The van der Waals surface area contributed by atoms with Crippen molar-refractivity contribution >= 4 is 11.9 Å². The van der Waals surface area contributed by atoms with Gasteiger partial charge in [-0.25, -0.2) is 0 Å². The Labute approximate surface area is 492 Å². The van der Waals surface area contributed by atoms with Crippen molar-refractivity contribution in [1.82, 2.24) is 5.32 Å². The number of carbonyl (C=O) groups excluding carboxylic acids is 2. The van der Waals surface area contributed by atoms with Gasteiger partial charge >= 0.3 is 5.97 Å². The van der Waals surface area contributed by atoms with Crippen molar-refractivity contribution in [2.45, 2.75) is 378 Å². The summed E-state index contributed by atoms with van der Waals surface area (Å²) < 4.78 is 17.6. The first-order valence-electron chi connectivity index (χ1n) is 34.3. The Hall–Kier alpha value is -2.12. The normalized spacial score (nSPS) is 18.9. The molecule has 11 heteroatoms. The maximum absolute atomic E-state index is 13.4. The standard InChI is InChI=1S/C69H129NO10/c1-4-7-10-13-16-19-22-25-26-27-28-29-30-31-32-33-34-35-36-37-38-39-42-45-48-51-54-57-64(74)80-67-66(76)65(75)63(58-71)79-69(67)78-59-60(61(72)55-52-49-46-43-40-23-20-17-14-11-8-5-2)70-68(77)62(73)56-53-50-47-44-41-24-21-18-15-12-9-6-3/h41,44,50,52-53,55,60-63,65-67,69,71-73,75-76H,4-40,42-43,45-49,51,54,56-59H2,1-3H3,(H,70,77)/b44-41-,53-50+,55-52+. The van der Waals surface area contributed by atoms with Crippen LogP contribution in [0.2, 0.25) is 0 Å². The molecule has 11 nitrogen and oxygen atoms in total. The maximum atomic E-state index is 13.4. The van der Waals surface area contributed by atoms with Gasteiger partial charge in [0, 0.05) is 12.8 Å². The summed E-state index contributed by atoms with van der Waals surface area (Å²) in [5.74, 6) is -1.25. The molecule has 6 N–H and O–H groups in total. The van der Waals surface area contributed by atoms with Crippen LogP contribution in [-0.4, -0.2) is 99.6 Å². The fourth-order valence-corrected chi connectivity index (χ4v) is 10.9. The first kappa shape index (κ1) is 75.9. The van der Waals surface area contributed by atoms with Crippen molar-refractivity contribution in [2.75, 3.05) is 13.2 Å². The largest absolute Gasteiger partial charge is 0.454 e. The fourth-order valence-electron chi connectivity index (χ4n) is 10.9. The second kappa shape index (κ2) is 57.3. The molecule has 0 aromatic rings. The van der Waals surface area contributed by atoms with E-state index in [1.54, 1.807) is 12.2 Å². The topological polar surface area (TPSA) is 175 Å². The number of aliphatic hydroxyl groups excluding tert-OH is 5. The maximum Gasteiger partial charge on any atom is 0.306 e. The van der Waals surface area contributed by atoms with Crippen LogP contribution < -0.4 is 5.32 Å². The van der Waals surface area contributed by atoms with E-state index in [2.05, 4.69) is 38.2 Å². The molecule has 0 spiro atoms. The smallest absolute Gasteiger partial charge is 0.306 e. The van der Waals surface area contributed by atoms with Gasteiger partial charge in [-0.05, 0) is 38.5 Å². The summed E-state index contributed by atoms with van der Waals surface area (Å²) in [7, 11) is 0. The molecule has 1 aliphatic heterocycles. The van der Waals surface area contributed by atoms with Crippen LogP contribution in [0.3, 0.4) is 0 Å². The Kier molecular flexibility index (Phi) is 54.4. The number of esters is 1. The van der Waals surface area contributed by atoms with Gasteiger partial charge < -0.3 is 45.1 Å². The van der Waals surface area contributed by atoms with Gasteiger partial charge in [0.1, 0.15) is 24.4 Å². The highest BCUT2D eigenvalue weighted by molar-refractivity contribution is 5.81. The Bertz CT molecular complexity index is 1440. The highest BCUT2D eigenvalue weighted by Gasteiger charge is 2.47. The van der Waals surface area contributed by atoms with Gasteiger partial charge in [-0.1, -0.05) is 314 Å². The van der Waals surface area contributed by atoms with Gasteiger partial charge in [0.15, 0.2) is 12.4 Å². The minimum absolute atomic E-state index is 0.0844. The van der Waals surface area contributed by atoms with Gasteiger partial charge in [-0.2, -0.15) is 0 Å². The van der Waals surface area contributed by atoms with Crippen LogP contribution >= 0.6 is 0 Å². The fraction of sp³-hybridized carbons (Fsp3) is 0.884. The van der Waals surface area contributed by atoms with E-state index in [0.29, 0.717) is 12.8 Å². The number of hydrogen-bond donors (Lipinski definition) is 6. The van der Waals surface area contributed by atoms with E-state index in [9.17, 15) is 35.1 Å². The van der Waals surface area contributed by atoms with Crippen LogP contribution in [0.4, 0.5) is 0 Å². The third-order valence-corrected chi connectivity index (χ3v) is 16.3. The third-order valence-electron chi connectivity index (χ3n) is 16.3. The number of rotatable bonds is 59. The lowest BCUT2D eigenvalue weighted by atomic mass is 9.99. The molecule has 8 atom stereocenters. The van der Waals surface area contributed by atoms with Gasteiger partial charge in [-0.15, -0.1) is 0 Å². The van der Waals surface area contributed by atoms with Crippen LogP contribution in [0.15, 0.2) is 36.5 Å². The number of ether oxygens (including phenoxy) is 3. The van der Waals surface area contributed by atoms with Crippen molar-refractivity contribution in [2.24, 2.45) is 0 Å². The molecule has 0 aromatic heterocycles. The number of amides is 1. The molecule has 1 saturated heterocycles. The molecule has 470 valence electrons. The zero-order valence-electron chi connectivity index (χ0n) is 52.2. The number of nitrogens with one attached hydrogen (secondary N) is 1. The molecule has 0 aliphatic carbocycles. The van der Waals surface area contributed by atoms with E-state index < -0.39 is 67.4 Å². The molecule has 0 saturated carbocycles. The number of hydrogen-bond acceptors (Lipinski definition) is 10. The summed E-state index contributed by atoms with van der Waals surface area (Å²) in [6.07, 6.45) is 59.5. The van der Waals surface area contributed by atoms with Crippen LogP contribution in [-0.2, 0) is 23.8 Å². The summed E-state index contributed by atoms with van der Waals surface area (Å²) in [5.41, 5.74) is 0. The zero-order valence-corrected chi connectivity index (χ0v) is 52.2. The lowest BCUT2D eigenvalue weighted by molar-refractivity contribution is -0.305. The molecule has 1 heterocycles. The van der Waals surface area contributed by atoms with E-state index in [1.807, 2.05) is 12.2 Å². The second-order valence-corrected chi connectivity index (χ2v) is 23.9. The summed E-state index contributed by atoms with van der Waals surface area (Å²) in [6, 6.07) is -1.05. The Morgan fingerprint density at radius 3 is 1.27 bits per heavy atom. The molecule has 1 fully saturated rings. The number of unbranched alkanes of at least 4 members (excludes halogenated alkanes) is 42. The van der Waals surface area contributed by atoms with Gasteiger partial charge in [0.05, 0.1) is 25.4 Å². The molecule has 0 radical (unpaired) electrons. The van der Waals surface area contributed by atoms with Crippen molar-refractivity contribution in [3.8, 4) is 0 Å². The van der Waals surface area contributed by atoms with Crippen molar-refractivity contribution in [3.05, 3.63) is 36.5 Å². The van der Waals surface area contributed by atoms with Crippen molar-refractivity contribution in [3.63, 3.8) is 0 Å². The highest BCUT2D eigenvalue weighted by atomic mass is 16.7. The lowest BCUT2D eigenvalue weighted by Gasteiger charge is -2.41. The van der Waals surface area contributed by atoms with Crippen LogP contribution in [0, 0.1) is 0 Å². The minimum Gasteiger partial charge on any atom is -0.454 e. The van der Waals surface area contributed by atoms with Crippen LogP contribution in [0.1, 0.15) is 329 Å². The molecular weight excluding hydrogens is 1000 g/mol. The minimum atomic E-state index is -1.62. The summed E-state index contributed by atoms with van der Waals surface area (Å²) in [5, 5.41) is 56.9. The molecular formula is C69H129NO10. The monoisotopic (exact) mass is 1130 g/mol. The summed E-state index contributed by atoms with van der Waals surface area (Å²) in [4.78, 5) is 26.5. The zero-order chi connectivity index (χ0) is 58.2. The SMILES string of the molecule is CCCCCCCC/C=C\C/C=C/CC(O)C(=O)NC(COC1OC(CO)C(O)C(O)C1OC(=O)CCCCCCCCCCCCCCCCCCCCCCCCCCCCC)C(O)/C=C/CCCCCCCCCCCC. The van der Waals surface area contributed by atoms with E-state index in [4.69, 9.17) is 14.2 Å². The van der Waals surface area contributed by atoms with E-state index >= 15 is 0 Å². The van der Waals surface area contributed by atoms with E-state index in [0.717, 1.165) is 44.9 Å². The average Bonchev–Trinajstić information content (AvgIpc) is 3.46. The Balaban J connectivity index is 2.52. The second-order valence-electron chi connectivity index (χ2n) is 23.9. The molecule has 80 heavy (non-hydrogen) atoms. The summed E-state index contributed by atoms with van der Waals surface area (Å²) in [6.45, 7) is 5.77. The molecule has 0 bridgehead atoms. The summed E-state index contributed by atoms with van der Waals surface area (Å²) >= 11 is 0. The van der Waals surface area contributed by atoms with Crippen molar-refractivity contribution in [1.29, 1.82) is 0 Å². The Morgan fingerprint density at radius 2 is 0.863 bits per heavy atom. The highest BCUT2D eigenvalue weighted by Crippen LogP contribution is 2.26. The quantitative estimate of drug-likeness (QED) is 0.0195. The predicted octanol–water partition coefficient (Wildman–Crippen LogP) is 17.0. The third kappa shape index (κ3) is 44.4. The lowest BCUT2D eigenvalue weighted by Crippen LogP contribution is -2.61. The van der Waals surface area contributed by atoms with Crippen LogP contribution in [0.25, 0.3) is 0 Å². The molecule has 8 unspecified atom stereocenters. The molecule has 1 aliphatic rings. The van der Waals surface area contributed by atoms with Crippen LogP contribution in [0.5, 0.6) is 0 Å². The average molecular weight is 1130 g/mol. The van der Waals surface area contributed by atoms with Gasteiger partial charge in [-0.3, -0.25) is 9.59 Å². The Morgan fingerprint density at radius 1 is 0.487 bits per heavy atom. The number of carbonyl (C=O) groups is 2. The van der Waals surface area contributed by atoms with Gasteiger partial charge in [0.2, 0.25) is 5.91 Å². The first-order valence-corrected chi connectivity index (χ1v) is 34.3. The van der Waals surface area contributed by atoms with E-state index in [1.165, 1.54) is 238 Å². The number of aliphatic hydroxyl groups is 5. The predicted molar refractivity (Wildman–Crippen MR) is 334 cm³/mol.